The van der Waals surface area contributed by atoms with E-state index in [1.807, 2.05) is 6.07 Å². The van der Waals surface area contributed by atoms with Crippen LogP contribution >= 0.6 is 11.6 Å². The molecule has 0 aliphatic heterocycles. The first-order valence-electron chi connectivity index (χ1n) is 7.32. The number of hydrogen-bond donors (Lipinski definition) is 2. The van der Waals surface area contributed by atoms with Gasteiger partial charge in [0, 0.05) is 22.9 Å². The molecule has 1 aromatic carbocycles. The summed E-state index contributed by atoms with van der Waals surface area (Å²) in [6.45, 7) is 3.20. The Kier molecular flexibility index (Phi) is 5.67. The second kappa shape index (κ2) is 7.73. The second-order valence-electron chi connectivity index (χ2n) is 5.08. The van der Waals surface area contributed by atoms with Crippen molar-refractivity contribution < 1.29 is 19.4 Å². The quantitative estimate of drug-likeness (QED) is 0.817. The van der Waals surface area contributed by atoms with Crippen LogP contribution in [0.5, 0.6) is 11.5 Å². The van der Waals surface area contributed by atoms with Crippen LogP contribution in [0.25, 0.3) is 11.1 Å². The fraction of sp³-hybridized carbons (Fsp3) is 0.235. The third kappa shape index (κ3) is 4.11. The summed E-state index contributed by atoms with van der Waals surface area (Å²) in [5.41, 5.74) is 0.754. The van der Waals surface area contributed by atoms with Crippen molar-refractivity contribution in [3.8, 4) is 28.7 Å². The zero-order valence-electron chi connectivity index (χ0n) is 13.6. The molecule has 2 aromatic rings. The lowest BCUT2D eigenvalue weighted by molar-refractivity contribution is -0.139. The van der Waals surface area contributed by atoms with E-state index in [0.29, 0.717) is 23.4 Å². The predicted molar refractivity (Wildman–Crippen MR) is 91.3 cm³/mol. The van der Waals surface area contributed by atoms with Crippen LogP contribution in [-0.2, 0) is 4.79 Å². The number of H-pyrrole nitrogens is 1. The van der Waals surface area contributed by atoms with Crippen molar-refractivity contribution in [1.82, 2.24) is 4.98 Å². The number of aryl methyl sites for hydroxylation is 1. The molecule has 2 N–H and O–H groups in total. The van der Waals surface area contributed by atoms with E-state index < -0.39 is 18.1 Å². The smallest absolute Gasteiger partial charge is 0.341 e. The van der Waals surface area contributed by atoms with Crippen molar-refractivity contribution in [2.45, 2.75) is 13.8 Å². The highest BCUT2D eigenvalue weighted by Crippen LogP contribution is 2.39. The highest BCUT2D eigenvalue weighted by Gasteiger charge is 2.18. The fourth-order valence-corrected chi connectivity index (χ4v) is 2.53. The number of nitrogens with one attached hydrogen (secondary N) is 1. The number of hydrogen-bond acceptors (Lipinski definition) is 5. The van der Waals surface area contributed by atoms with Gasteiger partial charge in [-0.1, -0.05) is 11.6 Å². The first-order chi connectivity index (χ1) is 11.9. The van der Waals surface area contributed by atoms with Gasteiger partial charge in [0.25, 0.3) is 5.56 Å². The van der Waals surface area contributed by atoms with Crippen LogP contribution in [0.1, 0.15) is 18.2 Å². The molecule has 1 aromatic heterocycles. The van der Waals surface area contributed by atoms with Gasteiger partial charge >= 0.3 is 5.97 Å². The minimum absolute atomic E-state index is 0.0749. The van der Waals surface area contributed by atoms with E-state index in [4.69, 9.17) is 26.2 Å². The van der Waals surface area contributed by atoms with Gasteiger partial charge in [-0.05, 0) is 26.0 Å². The number of carboxylic acids is 1. The van der Waals surface area contributed by atoms with Gasteiger partial charge in [-0.25, -0.2) is 4.79 Å². The van der Waals surface area contributed by atoms with E-state index >= 15 is 0 Å². The van der Waals surface area contributed by atoms with Crippen molar-refractivity contribution in [3.63, 3.8) is 0 Å². The first kappa shape index (κ1) is 18.4. The lowest BCUT2D eigenvalue weighted by Crippen LogP contribution is -2.13. The van der Waals surface area contributed by atoms with E-state index in [1.54, 1.807) is 19.9 Å². The maximum atomic E-state index is 12.0. The van der Waals surface area contributed by atoms with Gasteiger partial charge in [-0.3, -0.25) is 4.79 Å². The SMILES string of the molecule is CCOc1cc(-c2cc(C)[nH]c(=O)c2C#N)c(Cl)cc1OCC(=O)O. The van der Waals surface area contributed by atoms with Crippen LogP contribution in [0.4, 0.5) is 0 Å². The standard InChI is InChI=1S/C17H15ClN2O5/c1-3-24-14-5-11(13(18)6-15(14)25-8-16(21)22)10-4-9(2)20-17(23)12(10)7-19/h4-6H,3,8H2,1-2H3,(H,20,23)(H,21,22). The summed E-state index contributed by atoms with van der Waals surface area (Å²) in [4.78, 5) is 25.3. The molecule has 0 atom stereocenters. The molecule has 0 fully saturated rings. The van der Waals surface area contributed by atoms with E-state index in [-0.39, 0.29) is 22.1 Å². The molecule has 0 amide bonds. The van der Waals surface area contributed by atoms with Crippen LogP contribution in [0.3, 0.4) is 0 Å². The number of nitriles is 1. The van der Waals surface area contributed by atoms with Crippen molar-refractivity contribution in [1.29, 1.82) is 5.26 Å². The van der Waals surface area contributed by atoms with Crippen LogP contribution < -0.4 is 15.0 Å². The second-order valence-corrected chi connectivity index (χ2v) is 5.48. The summed E-state index contributed by atoms with van der Waals surface area (Å²) < 4.78 is 10.7. The lowest BCUT2D eigenvalue weighted by Gasteiger charge is -2.15. The van der Waals surface area contributed by atoms with Gasteiger partial charge in [0.1, 0.15) is 11.6 Å². The maximum absolute atomic E-state index is 12.0. The number of carbonyl (C=O) groups is 1. The van der Waals surface area contributed by atoms with Crippen molar-refractivity contribution in [3.05, 3.63) is 44.8 Å². The number of pyridine rings is 1. The minimum Gasteiger partial charge on any atom is -0.490 e. The normalized spacial score (nSPS) is 10.2. The molecule has 8 heteroatoms. The molecule has 1 heterocycles. The largest absolute Gasteiger partial charge is 0.490 e. The van der Waals surface area contributed by atoms with E-state index in [1.165, 1.54) is 12.1 Å². The molecular formula is C17H15ClN2O5. The Bertz CT molecular complexity index is 914. The number of aromatic nitrogens is 1. The molecule has 130 valence electrons. The van der Waals surface area contributed by atoms with Gasteiger partial charge in [-0.15, -0.1) is 0 Å². The lowest BCUT2D eigenvalue weighted by atomic mass is 10.0. The molecule has 0 bridgehead atoms. The Balaban J connectivity index is 2.64. The highest BCUT2D eigenvalue weighted by molar-refractivity contribution is 6.33. The molecule has 0 spiro atoms. The number of aliphatic carboxylic acids is 1. The molecule has 0 aliphatic carbocycles. The summed E-state index contributed by atoms with van der Waals surface area (Å²) in [5, 5.41) is 18.2. The van der Waals surface area contributed by atoms with E-state index in [9.17, 15) is 14.9 Å². The number of rotatable bonds is 6. The number of halogens is 1. The molecule has 7 nitrogen and oxygen atoms in total. The molecule has 0 aliphatic rings. The van der Waals surface area contributed by atoms with Gasteiger partial charge in [-0.2, -0.15) is 5.26 Å². The highest BCUT2D eigenvalue weighted by atomic mass is 35.5. The third-order valence-electron chi connectivity index (χ3n) is 3.25. The average molecular weight is 363 g/mol. The zero-order chi connectivity index (χ0) is 18.6. The van der Waals surface area contributed by atoms with Gasteiger partial charge < -0.3 is 19.6 Å². The van der Waals surface area contributed by atoms with Crippen LogP contribution in [0, 0.1) is 18.3 Å². The summed E-state index contributed by atoms with van der Waals surface area (Å²) in [6.07, 6.45) is 0. The molecule has 25 heavy (non-hydrogen) atoms. The summed E-state index contributed by atoms with van der Waals surface area (Å²) >= 11 is 6.28. The van der Waals surface area contributed by atoms with E-state index in [0.717, 1.165) is 0 Å². The predicted octanol–water partition coefficient (Wildman–Crippen LogP) is 2.74. The topological polar surface area (TPSA) is 112 Å². The molecule has 0 radical (unpaired) electrons. The summed E-state index contributed by atoms with van der Waals surface area (Å²) in [6, 6.07) is 6.44. The Morgan fingerprint density at radius 1 is 1.28 bits per heavy atom. The maximum Gasteiger partial charge on any atom is 0.341 e. The molecular weight excluding hydrogens is 348 g/mol. The summed E-state index contributed by atoms with van der Waals surface area (Å²) in [5.74, 6) is -0.706. The first-order valence-corrected chi connectivity index (χ1v) is 7.70. The third-order valence-corrected chi connectivity index (χ3v) is 3.57. The average Bonchev–Trinajstić information content (AvgIpc) is 2.54. The Morgan fingerprint density at radius 2 is 1.96 bits per heavy atom. The number of aromatic amines is 1. The van der Waals surface area contributed by atoms with Gasteiger partial charge in [0.05, 0.1) is 11.6 Å². The van der Waals surface area contributed by atoms with Crippen LogP contribution in [0.2, 0.25) is 5.02 Å². The number of benzene rings is 1. The monoisotopic (exact) mass is 362 g/mol. The minimum atomic E-state index is -1.14. The van der Waals surface area contributed by atoms with Crippen molar-refractivity contribution in [2.75, 3.05) is 13.2 Å². The van der Waals surface area contributed by atoms with Gasteiger partial charge in [0.15, 0.2) is 18.1 Å². The number of ether oxygens (including phenoxy) is 2. The van der Waals surface area contributed by atoms with Gasteiger partial charge in [0.2, 0.25) is 0 Å². The zero-order valence-corrected chi connectivity index (χ0v) is 14.3. The number of nitrogens with zero attached hydrogens (tertiary/aromatic N) is 1. The Labute approximate surface area is 148 Å². The van der Waals surface area contributed by atoms with E-state index in [2.05, 4.69) is 4.98 Å². The molecule has 0 saturated carbocycles. The fourth-order valence-electron chi connectivity index (χ4n) is 2.27. The van der Waals surface area contributed by atoms with Crippen LogP contribution in [-0.4, -0.2) is 29.3 Å². The Hall–Kier alpha value is -2.98. The molecule has 2 rings (SSSR count). The Morgan fingerprint density at radius 3 is 2.56 bits per heavy atom. The molecule has 0 saturated heterocycles. The van der Waals surface area contributed by atoms with Crippen molar-refractivity contribution in [2.24, 2.45) is 0 Å². The van der Waals surface area contributed by atoms with Crippen LogP contribution in [0.15, 0.2) is 23.0 Å². The number of carboxylic acid groups (broad SMARTS) is 1. The van der Waals surface area contributed by atoms with Crippen molar-refractivity contribution >= 4 is 17.6 Å². The summed E-state index contributed by atoms with van der Waals surface area (Å²) in [7, 11) is 0. The molecule has 0 unspecified atom stereocenters.